The van der Waals surface area contributed by atoms with Gasteiger partial charge in [-0.1, -0.05) is 17.7 Å². The SMILES string of the molecule is Cc1ccc(S(=O)(=O)NC(=O)C2(C)CCN2C(=O)c2ccc(C(F)(F)F)nc2C)cc1. The summed E-state index contributed by atoms with van der Waals surface area (Å²) in [5.41, 5.74) is -1.98. The minimum Gasteiger partial charge on any atom is -0.324 e. The fourth-order valence-corrected chi connectivity index (χ4v) is 4.30. The molecule has 11 heteroatoms. The number of alkyl halides is 3. The number of carbonyl (C=O) groups excluding carboxylic acids is 2. The van der Waals surface area contributed by atoms with E-state index in [-0.39, 0.29) is 29.1 Å². The maximum Gasteiger partial charge on any atom is 0.433 e. The minimum atomic E-state index is -4.65. The number of halogens is 3. The second kappa shape index (κ2) is 7.63. The van der Waals surface area contributed by atoms with Crippen LogP contribution in [0.25, 0.3) is 0 Å². The van der Waals surface area contributed by atoms with Crippen LogP contribution in [-0.2, 0) is 21.0 Å². The Balaban J connectivity index is 1.81. The lowest BCUT2D eigenvalue weighted by Gasteiger charge is -2.48. The first kappa shape index (κ1) is 22.7. The standard InChI is InChI=1S/C20H20F3N3O4S/c1-12-4-6-14(7-5-12)31(29,30)25-18(28)19(3)10-11-26(19)17(27)15-8-9-16(20(21,22)23)24-13(15)2/h4-9H,10-11H2,1-3H3,(H,25,28). The highest BCUT2D eigenvalue weighted by atomic mass is 32.2. The van der Waals surface area contributed by atoms with E-state index in [0.717, 1.165) is 16.5 Å². The van der Waals surface area contributed by atoms with Gasteiger partial charge in [0, 0.05) is 6.54 Å². The Kier molecular flexibility index (Phi) is 5.59. The first-order chi connectivity index (χ1) is 14.3. The molecule has 2 heterocycles. The number of likely N-dealkylation sites (tertiary alicyclic amines) is 1. The molecule has 31 heavy (non-hydrogen) atoms. The van der Waals surface area contributed by atoms with Crippen LogP contribution in [0.15, 0.2) is 41.3 Å². The average molecular weight is 455 g/mol. The number of carbonyl (C=O) groups is 2. The van der Waals surface area contributed by atoms with Gasteiger partial charge in [-0.2, -0.15) is 13.2 Å². The van der Waals surface area contributed by atoms with Gasteiger partial charge in [0.1, 0.15) is 11.2 Å². The molecule has 0 saturated carbocycles. The van der Waals surface area contributed by atoms with E-state index in [9.17, 15) is 31.2 Å². The van der Waals surface area contributed by atoms with E-state index in [1.807, 2.05) is 4.72 Å². The number of aromatic nitrogens is 1. The van der Waals surface area contributed by atoms with Crippen molar-refractivity contribution in [3.05, 3.63) is 58.9 Å². The zero-order valence-corrected chi connectivity index (χ0v) is 17.8. The third kappa shape index (κ3) is 4.27. The Labute approximate surface area is 177 Å². The Bertz CT molecular complexity index is 1150. The van der Waals surface area contributed by atoms with Gasteiger partial charge in [-0.05, 0) is 51.5 Å². The highest BCUT2D eigenvalue weighted by Gasteiger charge is 2.51. The van der Waals surface area contributed by atoms with Crippen LogP contribution in [0.3, 0.4) is 0 Å². The highest BCUT2D eigenvalue weighted by molar-refractivity contribution is 7.90. The topological polar surface area (TPSA) is 96.4 Å². The molecule has 1 aromatic carbocycles. The molecule has 7 nitrogen and oxygen atoms in total. The average Bonchev–Trinajstić information content (AvgIpc) is 2.65. The lowest BCUT2D eigenvalue weighted by atomic mass is 9.85. The van der Waals surface area contributed by atoms with E-state index in [0.29, 0.717) is 6.07 Å². The van der Waals surface area contributed by atoms with Crippen molar-refractivity contribution >= 4 is 21.8 Å². The number of benzene rings is 1. The molecule has 0 bridgehead atoms. The molecule has 1 N–H and O–H groups in total. The van der Waals surface area contributed by atoms with Crippen molar-refractivity contribution in [3.8, 4) is 0 Å². The van der Waals surface area contributed by atoms with E-state index in [2.05, 4.69) is 4.98 Å². The summed E-state index contributed by atoms with van der Waals surface area (Å²) in [6.45, 7) is 4.60. The number of pyridine rings is 1. The van der Waals surface area contributed by atoms with Crippen molar-refractivity contribution in [2.75, 3.05) is 6.54 Å². The van der Waals surface area contributed by atoms with Crippen LogP contribution in [0.1, 0.15) is 40.7 Å². The van der Waals surface area contributed by atoms with Crippen LogP contribution in [0.4, 0.5) is 13.2 Å². The van der Waals surface area contributed by atoms with Crippen LogP contribution in [-0.4, -0.2) is 42.2 Å². The van der Waals surface area contributed by atoms with E-state index in [1.165, 1.54) is 26.0 Å². The number of hydrogen-bond acceptors (Lipinski definition) is 5. The number of nitrogens with one attached hydrogen (secondary N) is 1. The van der Waals surface area contributed by atoms with Gasteiger partial charge in [-0.15, -0.1) is 0 Å². The summed E-state index contributed by atoms with van der Waals surface area (Å²) in [4.78, 5) is 30.1. The van der Waals surface area contributed by atoms with Gasteiger partial charge in [0.05, 0.1) is 16.2 Å². The van der Waals surface area contributed by atoms with Gasteiger partial charge in [0.15, 0.2) is 0 Å². The van der Waals surface area contributed by atoms with Crippen molar-refractivity contribution < 1.29 is 31.2 Å². The molecule has 1 aliphatic heterocycles. The van der Waals surface area contributed by atoms with Crippen molar-refractivity contribution in [3.63, 3.8) is 0 Å². The Morgan fingerprint density at radius 3 is 2.19 bits per heavy atom. The molecule has 3 rings (SSSR count). The number of rotatable bonds is 4. The molecule has 1 aliphatic rings. The monoisotopic (exact) mass is 455 g/mol. The molecule has 1 saturated heterocycles. The van der Waals surface area contributed by atoms with Gasteiger partial charge >= 0.3 is 6.18 Å². The molecule has 2 aromatic rings. The zero-order chi connectivity index (χ0) is 23.2. The molecule has 1 atom stereocenters. The summed E-state index contributed by atoms with van der Waals surface area (Å²) in [5, 5.41) is 0. The van der Waals surface area contributed by atoms with Gasteiger partial charge in [0.25, 0.3) is 21.8 Å². The first-order valence-corrected chi connectivity index (χ1v) is 10.7. The van der Waals surface area contributed by atoms with E-state index in [4.69, 9.17) is 0 Å². The van der Waals surface area contributed by atoms with Crippen LogP contribution < -0.4 is 4.72 Å². The number of sulfonamides is 1. The maximum absolute atomic E-state index is 12.9. The summed E-state index contributed by atoms with van der Waals surface area (Å²) < 4.78 is 65.5. The molecular weight excluding hydrogens is 435 g/mol. The van der Waals surface area contributed by atoms with E-state index >= 15 is 0 Å². The minimum absolute atomic E-state index is 0.0897. The third-order valence-electron chi connectivity index (χ3n) is 5.32. The van der Waals surface area contributed by atoms with Gasteiger partial charge in [0.2, 0.25) is 0 Å². The predicted molar refractivity (Wildman–Crippen MR) is 105 cm³/mol. The first-order valence-electron chi connectivity index (χ1n) is 9.26. The normalized spacial score (nSPS) is 19.0. The lowest BCUT2D eigenvalue weighted by molar-refractivity contribution is -0.141. The van der Waals surface area contributed by atoms with Gasteiger partial charge in [-0.25, -0.2) is 18.1 Å². The maximum atomic E-state index is 12.9. The van der Waals surface area contributed by atoms with Crippen LogP contribution in [0.5, 0.6) is 0 Å². The number of amides is 2. The molecule has 0 radical (unpaired) electrons. The van der Waals surface area contributed by atoms with Crippen LogP contribution in [0.2, 0.25) is 0 Å². The zero-order valence-electron chi connectivity index (χ0n) is 16.9. The summed E-state index contributed by atoms with van der Waals surface area (Å²) in [7, 11) is -4.15. The quantitative estimate of drug-likeness (QED) is 0.765. The lowest BCUT2D eigenvalue weighted by Crippen LogP contribution is -2.67. The fraction of sp³-hybridized carbons (Fsp3) is 0.350. The van der Waals surface area contributed by atoms with Crippen LogP contribution in [0, 0.1) is 13.8 Å². The summed E-state index contributed by atoms with van der Waals surface area (Å²) in [5.74, 6) is -1.60. The largest absolute Gasteiger partial charge is 0.433 e. The Morgan fingerprint density at radius 1 is 1.10 bits per heavy atom. The van der Waals surface area contributed by atoms with Crippen molar-refractivity contribution in [1.82, 2.24) is 14.6 Å². The number of nitrogens with zero attached hydrogens (tertiary/aromatic N) is 2. The number of aryl methyl sites for hydroxylation is 2. The molecule has 0 aliphatic carbocycles. The van der Waals surface area contributed by atoms with Crippen molar-refractivity contribution in [1.29, 1.82) is 0 Å². The molecule has 1 fully saturated rings. The van der Waals surface area contributed by atoms with Crippen molar-refractivity contribution in [2.24, 2.45) is 0 Å². The third-order valence-corrected chi connectivity index (χ3v) is 6.66. The smallest absolute Gasteiger partial charge is 0.324 e. The summed E-state index contributed by atoms with van der Waals surface area (Å²) >= 11 is 0. The highest BCUT2D eigenvalue weighted by Crippen LogP contribution is 2.34. The molecular formula is C20H20F3N3O4S. The van der Waals surface area contributed by atoms with E-state index < -0.39 is 39.2 Å². The second-order valence-corrected chi connectivity index (χ2v) is 9.24. The molecule has 2 amide bonds. The van der Waals surface area contributed by atoms with Gasteiger partial charge < -0.3 is 4.90 Å². The Hall–Kier alpha value is -2.95. The number of hydrogen-bond donors (Lipinski definition) is 1. The van der Waals surface area contributed by atoms with Gasteiger partial charge in [-0.3, -0.25) is 9.59 Å². The van der Waals surface area contributed by atoms with Crippen LogP contribution >= 0.6 is 0 Å². The molecule has 166 valence electrons. The molecule has 1 aromatic heterocycles. The van der Waals surface area contributed by atoms with Crippen molar-refractivity contribution in [2.45, 2.75) is 43.8 Å². The summed E-state index contributed by atoms with van der Waals surface area (Å²) in [6, 6.07) is 7.58. The predicted octanol–water partition coefficient (Wildman–Crippen LogP) is 2.83. The fourth-order valence-electron chi connectivity index (χ4n) is 3.22. The molecule has 1 unspecified atom stereocenters. The molecule has 0 spiro atoms. The Morgan fingerprint density at radius 2 is 1.71 bits per heavy atom. The second-order valence-electron chi connectivity index (χ2n) is 7.56. The van der Waals surface area contributed by atoms with E-state index in [1.54, 1.807) is 19.1 Å². The summed E-state index contributed by atoms with van der Waals surface area (Å²) in [6.07, 6.45) is -4.46.